The first-order chi connectivity index (χ1) is 11.6. The molecule has 24 heavy (non-hydrogen) atoms. The van der Waals surface area contributed by atoms with Crippen LogP contribution < -0.4 is 5.32 Å². The van der Waals surface area contributed by atoms with Crippen LogP contribution in [0.5, 0.6) is 0 Å². The van der Waals surface area contributed by atoms with Crippen LogP contribution in [-0.2, 0) is 6.42 Å². The van der Waals surface area contributed by atoms with Gasteiger partial charge in [-0.05, 0) is 44.2 Å². The Labute approximate surface area is 141 Å². The molecule has 1 aliphatic rings. The van der Waals surface area contributed by atoms with Crippen molar-refractivity contribution in [3.05, 3.63) is 53.6 Å². The number of halogens is 1. The van der Waals surface area contributed by atoms with Crippen molar-refractivity contribution in [2.45, 2.75) is 44.7 Å². The summed E-state index contributed by atoms with van der Waals surface area (Å²) >= 11 is 0. The molecule has 0 spiro atoms. The van der Waals surface area contributed by atoms with E-state index in [4.69, 9.17) is 0 Å². The van der Waals surface area contributed by atoms with E-state index in [2.05, 4.69) is 15.5 Å². The zero-order valence-corrected chi connectivity index (χ0v) is 13.8. The molecule has 0 saturated carbocycles. The Hall–Kier alpha value is -2.37. The number of aromatic amines is 1. The van der Waals surface area contributed by atoms with E-state index >= 15 is 0 Å². The first-order valence-corrected chi connectivity index (χ1v) is 8.44. The quantitative estimate of drug-likeness (QED) is 0.902. The molecule has 2 N–H and O–H groups in total. The van der Waals surface area contributed by atoms with Crippen LogP contribution in [0.25, 0.3) is 0 Å². The van der Waals surface area contributed by atoms with Crippen LogP contribution in [0.3, 0.4) is 0 Å². The van der Waals surface area contributed by atoms with Gasteiger partial charge in [-0.3, -0.25) is 5.10 Å². The van der Waals surface area contributed by atoms with Crippen molar-refractivity contribution in [2.24, 2.45) is 0 Å². The molecule has 5 nitrogen and oxygen atoms in total. The molecule has 2 atom stereocenters. The van der Waals surface area contributed by atoms with E-state index < -0.39 is 0 Å². The lowest BCUT2D eigenvalue weighted by Gasteiger charge is -2.36. The summed E-state index contributed by atoms with van der Waals surface area (Å²) in [6.45, 7) is 2.63. The second-order valence-electron chi connectivity index (χ2n) is 6.38. The van der Waals surface area contributed by atoms with Crippen molar-refractivity contribution in [1.82, 2.24) is 20.4 Å². The molecule has 2 amide bonds. The van der Waals surface area contributed by atoms with E-state index in [1.807, 2.05) is 24.1 Å². The molecule has 1 aromatic carbocycles. The molecule has 0 aliphatic carbocycles. The number of rotatable bonds is 4. The Morgan fingerprint density at radius 3 is 3.04 bits per heavy atom. The molecule has 1 aliphatic heterocycles. The summed E-state index contributed by atoms with van der Waals surface area (Å²) in [5.74, 6) is -0.229. The minimum Gasteiger partial charge on any atom is -0.335 e. The number of aromatic nitrogens is 2. The van der Waals surface area contributed by atoms with Crippen LogP contribution >= 0.6 is 0 Å². The molecule has 1 aromatic heterocycles. The van der Waals surface area contributed by atoms with Crippen LogP contribution in [0.1, 0.15) is 43.4 Å². The molecule has 0 unspecified atom stereocenters. The van der Waals surface area contributed by atoms with Crippen LogP contribution in [0.15, 0.2) is 36.7 Å². The summed E-state index contributed by atoms with van der Waals surface area (Å²) in [5.41, 5.74) is 1.65. The molecule has 1 saturated heterocycles. The lowest BCUT2D eigenvalue weighted by Crippen LogP contribution is -2.47. The van der Waals surface area contributed by atoms with Gasteiger partial charge in [0, 0.05) is 24.3 Å². The largest absolute Gasteiger partial charge is 0.335 e. The highest BCUT2D eigenvalue weighted by Crippen LogP contribution is 2.30. The van der Waals surface area contributed by atoms with Crippen molar-refractivity contribution < 1.29 is 9.18 Å². The maximum absolute atomic E-state index is 13.8. The Bertz CT molecular complexity index is 673. The Morgan fingerprint density at radius 2 is 2.29 bits per heavy atom. The fraction of sp³-hybridized carbons (Fsp3) is 0.444. The van der Waals surface area contributed by atoms with Gasteiger partial charge in [0.05, 0.1) is 12.2 Å². The summed E-state index contributed by atoms with van der Waals surface area (Å²) in [7, 11) is 0. The number of nitrogens with zero attached hydrogens (tertiary/aromatic N) is 2. The predicted octanol–water partition coefficient (Wildman–Crippen LogP) is 3.42. The molecule has 1 fully saturated rings. The smallest absolute Gasteiger partial charge is 0.318 e. The van der Waals surface area contributed by atoms with Gasteiger partial charge < -0.3 is 10.2 Å². The lowest BCUT2D eigenvalue weighted by molar-refractivity contribution is 0.149. The van der Waals surface area contributed by atoms with Gasteiger partial charge in [0.15, 0.2) is 0 Å². The van der Waals surface area contributed by atoms with E-state index in [0.717, 1.165) is 31.4 Å². The molecule has 128 valence electrons. The first-order valence-electron chi connectivity index (χ1n) is 8.44. The Morgan fingerprint density at radius 1 is 1.46 bits per heavy atom. The molecule has 2 aromatic rings. The normalized spacial score (nSPS) is 19.1. The van der Waals surface area contributed by atoms with Gasteiger partial charge in [0.2, 0.25) is 0 Å². The van der Waals surface area contributed by atoms with Crippen molar-refractivity contribution in [2.75, 3.05) is 6.54 Å². The van der Waals surface area contributed by atoms with Crippen molar-refractivity contribution in [3.8, 4) is 0 Å². The highest BCUT2D eigenvalue weighted by Gasteiger charge is 2.29. The second-order valence-corrected chi connectivity index (χ2v) is 6.38. The lowest BCUT2D eigenvalue weighted by atomic mass is 9.98. The van der Waals surface area contributed by atoms with Gasteiger partial charge in [0.1, 0.15) is 5.82 Å². The number of urea groups is 1. The minimum absolute atomic E-state index is 0.0539. The van der Waals surface area contributed by atoms with E-state index in [1.165, 1.54) is 6.07 Å². The molecular formula is C18H23FN4O. The third-order valence-electron chi connectivity index (χ3n) is 4.52. The molecule has 3 rings (SSSR count). The number of nitrogens with one attached hydrogen (secondary N) is 2. The zero-order valence-electron chi connectivity index (χ0n) is 13.8. The first kappa shape index (κ1) is 16.5. The second kappa shape index (κ2) is 7.47. The fourth-order valence-corrected chi connectivity index (χ4v) is 3.30. The standard InChI is InChI=1S/C18H23FN4O/c1-13(10-14-6-2-3-7-16(14)19)22-18(24)23-9-5-4-8-17(23)15-11-20-21-12-15/h2-3,6-7,11-13,17H,4-5,8-10H2,1H3,(H,20,21)(H,22,24)/t13-,17+/m1/s1. The van der Waals surface area contributed by atoms with Crippen LogP contribution in [0, 0.1) is 5.82 Å². The summed E-state index contributed by atoms with van der Waals surface area (Å²) in [5, 5.41) is 9.82. The van der Waals surface area contributed by atoms with Crippen LogP contribution in [0.4, 0.5) is 9.18 Å². The number of piperidine rings is 1. The summed E-state index contributed by atoms with van der Waals surface area (Å²) in [6.07, 6.45) is 7.14. The number of carbonyl (C=O) groups is 1. The number of hydrogen-bond acceptors (Lipinski definition) is 2. The number of benzene rings is 1. The predicted molar refractivity (Wildman–Crippen MR) is 90.0 cm³/mol. The zero-order chi connectivity index (χ0) is 16.9. The Kier molecular flexibility index (Phi) is 5.13. The van der Waals surface area contributed by atoms with Crippen molar-refractivity contribution in [1.29, 1.82) is 0 Å². The number of hydrogen-bond donors (Lipinski definition) is 2. The van der Waals surface area contributed by atoms with Gasteiger partial charge in [-0.15, -0.1) is 0 Å². The van der Waals surface area contributed by atoms with E-state index in [-0.39, 0.29) is 23.9 Å². The molecule has 0 bridgehead atoms. The van der Waals surface area contributed by atoms with Gasteiger partial charge in [-0.25, -0.2) is 9.18 Å². The average Bonchev–Trinajstić information content (AvgIpc) is 3.11. The van der Waals surface area contributed by atoms with Gasteiger partial charge in [-0.1, -0.05) is 18.2 Å². The van der Waals surface area contributed by atoms with E-state index in [1.54, 1.807) is 18.3 Å². The van der Waals surface area contributed by atoms with E-state index in [9.17, 15) is 9.18 Å². The Balaban J connectivity index is 1.63. The molecule has 0 radical (unpaired) electrons. The van der Waals surface area contributed by atoms with Gasteiger partial charge >= 0.3 is 6.03 Å². The van der Waals surface area contributed by atoms with E-state index in [0.29, 0.717) is 12.0 Å². The van der Waals surface area contributed by atoms with Crippen molar-refractivity contribution in [3.63, 3.8) is 0 Å². The minimum atomic E-state index is -0.229. The maximum atomic E-state index is 13.8. The van der Waals surface area contributed by atoms with Gasteiger partial charge in [-0.2, -0.15) is 5.10 Å². The maximum Gasteiger partial charge on any atom is 0.318 e. The summed E-state index contributed by atoms with van der Waals surface area (Å²) < 4.78 is 13.8. The highest BCUT2D eigenvalue weighted by molar-refractivity contribution is 5.75. The average molecular weight is 330 g/mol. The number of likely N-dealkylation sites (tertiary alicyclic amines) is 1. The number of carbonyl (C=O) groups excluding carboxylic acids is 1. The number of amides is 2. The van der Waals surface area contributed by atoms with Gasteiger partial charge in [0.25, 0.3) is 0 Å². The molecule has 2 heterocycles. The number of H-pyrrole nitrogens is 1. The molecule has 6 heteroatoms. The fourth-order valence-electron chi connectivity index (χ4n) is 3.30. The summed E-state index contributed by atoms with van der Waals surface area (Å²) in [4.78, 5) is 14.5. The topological polar surface area (TPSA) is 61.0 Å². The highest BCUT2D eigenvalue weighted by atomic mass is 19.1. The van der Waals surface area contributed by atoms with Crippen LogP contribution in [0.2, 0.25) is 0 Å². The summed E-state index contributed by atoms with van der Waals surface area (Å²) in [6, 6.07) is 6.51. The van der Waals surface area contributed by atoms with Crippen LogP contribution in [-0.4, -0.2) is 33.7 Å². The molecular weight excluding hydrogens is 307 g/mol. The SMILES string of the molecule is C[C@H](Cc1ccccc1F)NC(=O)N1CCCC[C@H]1c1cn[nH]c1. The van der Waals surface area contributed by atoms with Crippen molar-refractivity contribution >= 4 is 6.03 Å². The monoisotopic (exact) mass is 330 g/mol. The third-order valence-corrected chi connectivity index (χ3v) is 4.52. The third kappa shape index (κ3) is 3.75.